The Labute approximate surface area is 193 Å². The van der Waals surface area contributed by atoms with E-state index in [-0.39, 0.29) is 10.4 Å². The predicted octanol–water partition coefficient (Wildman–Crippen LogP) is 6.50. The Morgan fingerprint density at radius 3 is 2.50 bits per heavy atom. The van der Waals surface area contributed by atoms with Crippen LogP contribution in [0.2, 0.25) is 5.02 Å². The average molecular weight is 471 g/mol. The van der Waals surface area contributed by atoms with E-state index in [2.05, 4.69) is 12.2 Å². The molecular formula is C23H26Cl3NO3. The molecule has 0 saturated carbocycles. The summed E-state index contributed by atoms with van der Waals surface area (Å²) in [5.41, 5.74) is 2.70. The smallest absolute Gasteiger partial charge is 0.251 e. The van der Waals surface area contributed by atoms with Crippen LogP contribution >= 0.6 is 34.8 Å². The van der Waals surface area contributed by atoms with Crippen LogP contribution < -0.4 is 14.8 Å². The van der Waals surface area contributed by atoms with Crippen LogP contribution in [0.1, 0.15) is 41.3 Å². The standard InChI is InChI=1S/C23H26Cl3NO3/c1-3-17-15-20(29-13-10-21(25)26)14-16(2)22(17)30-12-5-4-11-27-23(28)18-6-8-19(24)9-7-18/h6-10,14-15H,3-5,11-13H2,1-2H3,(H,27,28). The number of halogens is 3. The molecule has 2 aromatic carbocycles. The Morgan fingerprint density at radius 1 is 1.10 bits per heavy atom. The van der Waals surface area contributed by atoms with E-state index in [1.807, 2.05) is 19.1 Å². The highest BCUT2D eigenvalue weighted by molar-refractivity contribution is 6.55. The molecule has 0 aliphatic rings. The van der Waals surface area contributed by atoms with Crippen molar-refractivity contribution in [2.45, 2.75) is 33.1 Å². The highest BCUT2D eigenvalue weighted by atomic mass is 35.5. The fourth-order valence-corrected chi connectivity index (χ4v) is 3.12. The molecule has 2 aromatic rings. The second-order valence-corrected chi connectivity index (χ2v) is 8.15. The van der Waals surface area contributed by atoms with Crippen LogP contribution in [0, 0.1) is 6.92 Å². The molecule has 0 atom stereocenters. The van der Waals surface area contributed by atoms with E-state index in [9.17, 15) is 4.79 Å². The van der Waals surface area contributed by atoms with Gasteiger partial charge >= 0.3 is 0 Å². The van der Waals surface area contributed by atoms with Gasteiger partial charge in [0.15, 0.2) is 0 Å². The monoisotopic (exact) mass is 469 g/mol. The number of ether oxygens (including phenoxy) is 2. The summed E-state index contributed by atoms with van der Waals surface area (Å²) < 4.78 is 11.9. The third-order valence-electron chi connectivity index (χ3n) is 4.40. The maximum Gasteiger partial charge on any atom is 0.251 e. The lowest BCUT2D eigenvalue weighted by molar-refractivity contribution is 0.0952. The van der Waals surface area contributed by atoms with Crippen LogP contribution in [0.25, 0.3) is 0 Å². The van der Waals surface area contributed by atoms with Crippen molar-refractivity contribution in [3.63, 3.8) is 0 Å². The molecule has 0 heterocycles. The van der Waals surface area contributed by atoms with Crippen LogP contribution in [0.5, 0.6) is 11.5 Å². The number of benzene rings is 2. The van der Waals surface area contributed by atoms with Crippen LogP contribution in [0.3, 0.4) is 0 Å². The number of carbonyl (C=O) groups excluding carboxylic acids is 1. The summed E-state index contributed by atoms with van der Waals surface area (Å²) in [5.74, 6) is 1.55. The third kappa shape index (κ3) is 8.10. The molecule has 0 aliphatic heterocycles. The highest BCUT2D eigenvalue weighted by Crippen LogP contribution is 2.30. The van der Waals surface area contributed by atoms with Gasteiger partial charge in [-0.2, -0.15) is 0 Å². The Morgan fingerprint density at radius 2 is 1.83 bits per heavy atom. The zero-order chi connectivity index (χ0) is 21.9. The summed E-state index contributed by atoms with van der Waals surface area (Å²) >= 11 is 17.0. The molecule has 0 aromatic heterocycles. The number of carbonyl (C=O) groups is 1. The van der Waals surface area contributed by atoms with Gasteiger partial charge in [-0.1, -0.05) is 41.7 Å². The van der Waals surface area contributed by atoms with Gasteiger partial charge in [0.1, 0.15) is 22.6 Å². The van der Waals surface area contributed by atoms with Gasteiger partial charge in [0.25, 0.3) is 5.91 Å². The second-order valence-electron chi connectivity index (χ2n) is 6.71. The molecule has 4 nitrogen and oxygen atoms in total. The Hall–Kier alpha value is -1.88. The maximum atomic E-state index is 12.1. The van der Waals surface area contributed by atoms with Gasteiger partial charge in [-0.25, -0.2) is 0 Å². The minimum absolute atomic E-state index is 0.0995. The van der Waals surface area contributed by atoms with Gasteiger partial charge in [0.2, 0.25) is 0 Å². The van der Waals surface area contributed by atoms with E-state index in [4.69, 9.17) is 44.3 Å². The Balaban J connectivity index is 1.77. The molecule has 0 radical (unpaired) electrons. The normalized spacial score (nSPS) is 10.4. The molecule has 2 rings (SSSR count). The summed E-state index contributed by atoms with van der Waals surface area (Å²) in [4.78, 5) is 12.1. The summed E-state index contributed by atoms with van der Waals surface area (Å²) in [6.45, 7) is 5.56. The van der Waals surface area contributed by atoms with E-state index >= 15 is 0 Å². The van der Waals surface area contributed by atoms with Crippen LogP contribution in [0.4, 0.5) is 0 Å². The fourth-order valence-electron chi connectivity index (χ4n) is 2.87. The van der Waals surface area contributed by atoms with Gasteiger partial charge in [-0.15, -0.1) is 0 Å². The van der Waals surface area contributed by atoms with E-state index in [0.717, 1.165) is 41.9 Å². The first-order chi connectivity index (χ1) is 14.4. The van der Waals surface area contributed by atoms with E-state index in [0.29, 0.717) is 30.3 Å². The number of aryl methyl sites for hydroxylation is 2. The number of rotatable bonds is 11. The first-order valence-electron chi connectivity index (χ1n) is 9.84. The van der Waals surface area contributed by atoms with E-state index in [1.165, 1.54) is 0 Å². The Bertz CT molecular complexity index is 863. The van der Waals surface area contributed by atoms with Crippen molar-refractivity contribution >= 4 is 40.7 Å². The van der Waals surface area contributed by atoms with Crippen molar-refractivity contribution < 1.29 is 14.3 Å². The first kappa shape index (κ1) is 24.4. The number of hydrogen-bond acceptors (Lipinski definition) is 3. The molecular weight excluding hydrogens is 445 g/mol. The SMILES string of the molecule is CCc1cc(OCC=C(Cl)Cl)cc(C)c1OCCCCNC(=O)c1ccc(Cl)cc1. The summed E-state index contributed by atoms with van der Waals surface area (Å²) in [7, 11) is 0. The van der Waals surface area contributed by atoms with Crippen molar-refractivity contribution in [2.75, 3.05) is 19.8 Å². The van der Waals surface area contributed by atoms with Crippen molar-refractivity contribution in [3.05, 3.63) is 68.7 Å². The molecule has 0 fully saturated rings. The van der Waals surface area contributed by atoms with Crippen molar-refractivity contribution in [2.24, 2.45) is 0 Å². The van der Waals surface area contributed by atoms with Gasteiger partial charge in [-0.3, -0.25) is 4.79 Å². The summed E-state index contributed by atoms with van der Waals surface area (Å²) in [6, 6.07) is 10.8. The molecule has 0 spiro atoms. The third-order valence-corrected chi connectivity index (χ3v) is 4.96. The molecule has 7 heteroatoms. The zero-order valence-corrected chi connectivity index (χ0v) is 19.4. The fraction of sp³-hybridized carbons (Fsp3) is 0.348. The molecule has 0 saturated heterocycles. The van der Waals surface area contributed by atoms with E-state index < -0.39 is 0 Å². The number of nitrogens with one attached hydrogen (secondary N) is 1. The lowest BCUT2D eigenvalue weighted by Crippen LogP contribution is -2.24. The Kier molecular flexibility index (Phi) is 10.4. The zero-order valence-electron chi connectivity index (χ0n) is 17.1. The lowest BCUT2D eigenvalue weighted by atomic mass is 10.1. The topological polar surface area (TPSA) is 47.6 Å². The molecule has 1 N–H and O–H groups in total. The summed E-state index contributed by atoms with van der Waals surface area (Å²) in [5, 5.41) is 3.52. The average Bonchev–Trinajstić information content (AvgIpc) is 2.71. The van der Waals surface area contributed by atoms with Crippen molar-refractivity contribution in [3.8, 4) is 11.5 Å². The van der Waals surface area contributed by atoms with Gasteiger partial charge < -0.3 is 14.8 Å². The quantitative estimate of drug-likeness (QED) is 0.381. The van der Waals surface area contributed by atoms with E-state index in [1.54, 1.807) is 30.3 Å². The number of hydrogen-bond donors (Lipinski definition) is 1. The van der Waals surface area contributed by atoms with Crippen molar-refractivity contribution in [1.29, 1.82) is 0 Å². The molecule has 0 bridgehead atoms. The van der Waals surface area contributed by atoms with Gasteiger partial charge in [0.05, 0.1) is 6.61 Å². The molecule has 0 unspecified atom stereocenters. The minimum atomic E-state index is -0.0995. The van der Waals surface area contributed by atoms with Crippen molar-refractivity contribution in [1.82, 2.24) is 5.32 Å². The first-order valence-corrected chi connectivity index (χ1v) is 11.0. The van der Waals surface area contributed by atoms with Crippen LogP contribution in [0.15, 0.2) is 47.0 Å². The lowest BCUT2D eigenvalue weighted by Gasteiger charge is -2.16. The molecule has 1 amide bonds. The second kappa shape index (κ2) is 12.7. The predicted molar refractivity (Wildman–Crippen MR) is 124 cm³/mol. The molecule has 0 aliphatic carbocycles. The van der Waals surface area contributed by atoms with Crippen LogP contribution in [-0.2, 0) is 6.42 Å². The number of unbranched alkanes of at least 4 members (excludes halogenated alkanes) is 1. The largest absolute Gasteiger partial charge is 0.493 e. The van der Waals surface area contributed by atoms with Crippen LogP contribution in [-0.4, -0.2) is 25.7 Å². The highest BCUT2D eigenvalue weighted by Gasteiger charge is 2.10. The summed E-state index contributed by atoms with van der Waals surface area (Å²) in [6.07, 6.45) is 4.09. The minimum Gasteiger partial charge on any atom is -0.493 e. The number of amides is 1. The van der Waals surface area contributed by atoms with Gasteiger partial charge in [-0.05, 0) is 79.8 Å². The molecule has 30 heavy (non-hydrogen) atoms. The van der Waals surface area contributed by atoms with Gasteiger partial charge in [0, 0.05) is 17.1 Å². The molecule has 162 valence electrons. The maximum absolute atomic E-state index is 12.1.